The molecule has 0 aliphatic carbocycles. The van der Waals surface area contributed by atoms with E-state index in [0.717, 1.165) is 25.2 Å². The number of aliphatic hydroxyl groups is 1. The van der Waals surface area contributed by atoms with Crippen LogP contribution in [0.25, 0.3) is 0 Å². The molecule has 25 heavy (non-hydrogen) atoms. The molecule has 134 valence electrons. The average Bonchev–Trinajstić information content (AvgIpc) is 2.63. The lowest BCUT2D eigenvalue weighted by molar-refractivity contribution is 0.0337. The maximum absolute atomic E-state index is 12.9. The van der Waals surface area contributed by atoms with Crippen LogP contribution in [0.2, 0.25) is 0 Å². The number of ether oxygens (including phenoxy) is 1. The van der Waals surface area contributed by atoms with Crippen LogP contribution >= 0.6 is 0 Å². The minimum absolute atomic E-state index is 0.285. The van der Waals surface area contributed by atoms with E-state index >= 15 is 0 Å². The number of nitrogens with zero attached hydrogens (tertiary/aromatic N) is 1. The second kappa shape index (κ2) is 7.98. The molecule has 1 fully saturated rings. The molecule has 0 amide bonds. The molecule has 2 aromatic rings. The highest BCUT2D eigenvalue weighted by atomic mass is 19.1. The van der Waals surface area contributed by atoms with Crippen LogP contribution in [-0.4, -0.2) is 29.6 Å². The first kappa shape index (κ1) is 17.9. The van der Waals surface area contributed by atoms with Crippen molar-refractivity contribution in [3.63, 3.8) is 0 Å². The summed E-state index contributed by atoms with van der Waals surface area (Å²) in [5, 5.41) is 10.8. The number of halogens is 1. The smallest absolute Gasteiger partial charge is 0.127 e. The third kappa shape index (κ3) is 5.03. The summed E-state index contributed by atoms with van der Waals surface area (Å²) < 4.78 is 18.6. The van der Waals surface area contributed by atoms with Crippen molar-refractivity contribution in [2.75, 3.05) is 19.6 Å². The summed E-state index contributed by atoms with van der Waals surface area (Å²) >= 11 is 0. The van der Waals surface area contributed by atoms with E-state index in [1.807, 2.05) is 31.2 Å². The first-order chi connectivity index (χ1) is 12.0. The van der Waals surface area contributed by atoms with E-state index in [-0.39, 0.29) is 5.82 Å². The zero-order valence-corrected chi connectivity index (χ0v) is 14.7. The van der Waals surface area contributed by atoms with Gasteiger partial charge in [-0.05, 0) is 81.2 Å². The van der Waals surface area contributed by atoms with Gasteiger partial charge >= 0.3 is 0 Å². The van der Waals surface area contributed by atoms with Crippen molar-refractivity contribution in [3.8, 4) is 11.5 Å². The lowest BCUT2D eigenvalue weighted by Gasteiger charge is -2.31. The normalized spacial score (nSPS) is 17.9. The summed E-state index contributed by atoms with van der Waals surface area (Å²) in [5.41, 5.74) is 0.0298. The zero-order valence-electron chi connectivity index (χ0n) is 14.7. The Hall–Kier alpha value is -1.91. The standard InChI is InChI=1S/C21H26FNO2/c1-21(24,13-16-23-14-3-2-4-15-23)17-5-9-19(10-6-17)25-20-11-7-18(22)8-12-20/h5-12,24H,2-4,13-16H2,1H3. The van der Waals surface area contributed by atoms with Crippen LogP contribution < -0.4 is 4.74 Å². The van der Waals surface area contributed by atoms with E-state index in [0.29, 0.717) is 17.9 Å². The van der Waals surface area contributed by atoms with Gasteiger partial charge < -0.3 is 14.7 Å². The van der Waals surface area contributed by atoms with Crippen molar-refractivity contribution in [2.24, 2.45) is 0 Å². The van der Waals surface area contributed by atoms with Gasteiger partial charge in [0.05, 0.1) is 5.60 Å². The van der Waals surface area contributed by atoms with Gasteiger partial charge in [0, 0.05) is 6.54 Å². The summed E-state index contributed by atoms with van der Waals surface area (Å²) in [5.74, 6) is 0.973. The minimum Gasteiger partial charge on any atom is -0.457 e. The zero-order chi connectivity index (χ0) is 17.7. The Bertz CT molecular complexity index is 661. The van der Waals surface area contributed by atoms with Crippen molar-refractivity contribution in [1.29, 1.82) is 0 Å². The Morgan fingerprint density at radius 3 is 2.12 bits per heavy atom. The highest BCUT2D eigenvalue weighted by Gasteiger charge is 2.24. The summed E-state index contributed by atoms with van der Waals surface area (Å²) in [6, 6.07) is 13.4. The van der Waals surface area contributed by atoms with Crippen LogP contribution in [0, 0.1) is 5.82 Å². The van der Waals surface area contributed by atoms with E-state index in [4.69, 9.17) is 4.74 Å². The van der Waals surface area contributed by atoms with E-state index < -0.39 is 5.60 Å². The first-order valence-electron chi connectivity index (χ1n) is 9.02. The van der Waals surface area contributed by atoms with Crippen LogP contribution in [0.4, 0.5) is 4.39 Å². The molecule has 1 N–H and O–H groups in total. The fourth-order valence-electron chi connectivity index (χ4n) is 3.22. The Labute approximate surface area is 149 Å². The van der Waals surface area contributed by atoms with Gasteiger partial charge in [0.15, 0.2) is 0 Å². The fraction of sp³-hybridized carbons (Fsp3) is 0.429. The van der Waals surface area contributed by atoms with Crippen molar-refractivity contribution < 1.29 is 14.2 Å². The molecule has 0 aromatic heterocycles. The van der Waals surface area contributed by atoms with Crippen LogP contribution in [0.15, 0.2) is 48.5 Å². The quantitative estimate of drug-likeness (QED) is 0.825. The van der Waals surface area contributed by atoms with E-state index in [2.05, 4.69) is 4.90 Å². The van der Waals surface area contributed by atoms with Crippen molar-refractivity contribution >= 4 is 0 Å². The van der Waals surface area contributed by atoms with Gasteiger partial charge in [-0.3, -0.25) is 0 Å². The molecule has 1 aliphatic heterocycles. The lowest BCUT2D eigenvalue weighted by atomic mass is 9.92. The number of rotatable bonds is 6. The molecule has 1 unspecified atom stereocenters. The average molecular weight is 343 g/mol. The van der Waals surface area contributed by atoms with Gasteiger partial charge in [-0.15, -0.1) is 0 Å². The topological polar surface area (TPSA) is 32.7 Å². The molecule has 0 saturated carbocycles. The number of hydrogen-bond donors (Lipinski definition) is 1. The van der Waals surface area contributed by atoms with Gasteiger partial charge in [-0.2, -0.15) is 0 Å². The Balaban J connectivity index is 1.58. The molecule has 0 radical (unpaired) electrons. The minimum atomic E-state index is -0.855. The van der Waals surface area contributed by atoms with Crippen LogP contribution in [0.5, 0.6) is 11.5 Å². The molecule has 2 aromatic carbocycles. The second-order valence-electron chi connectivity index (χ2n) is 7.01. The Morgan fingerprint density at radius 2 is 1.52 bits per heavy atom. The summed E-state index contributed by atoms with van der Waals surface area (Å²) in [6.07, 6.45) is 4.56. The van der Waals surface area contributed by atoms with Crippen molar-refractivity contribution in [1.82, 2.24) is 4.90 Å². The Morgan fingerprint density at radius 1 is 0.960 bits per heavy atom. The lowest BCUT2D eigenvalue weighted by Crippen LogP contribution is -2.34. The van der Waals surface area contributed by atoms with E-state index in [1.54, 1.807) is 12.1 Å². The second-order valence-corrected chi connectivity index (χ2v) is 7.01. The maximum Gasteiger partial charge on any atom is 0.127 e. The highest BCUT2D eigenvalue weighted by Crippen LogP contribution is 2.29. The Kier molecular flexibility index (Phi) is 5.71. The molecule has 1 atom stereocenters. The SMILES string of the molecule is CC(O)(CCN1CCCCC1)c1ccc(Oc2ccc(F)cc2)cc1. The molecular formula is C21H26FNO2. The van der Waals surface area contributed by atoms with Crippen molar-refractivity contribution in [2.45, 2.75) is 38.2 Å². The van der Waals surface area contributed by atoms with Gasteiger partial charge in [0.1, 0.15) is 17.3 Å². The maximum atomic E-state index is 12.9. The fourth-order valence-corrected chi connectivity index (χ4v) is 3.22. The predicted molar refractivity (Wildman–Crippen MR) is 97.4 cm³/mol. The monoisotopic (exact) mass is 343 g/mol. The molecule has 1 heterocycles. The number of benzene rings is 2. The summed E-state index contributed by atoms with van der Waals surface area (Å²) in [4.78, 5) is 2.43. The van der Waals surface area contributed by atoms with Crippen LogP contribution in [0.1, 0.15) is 38.2 Å². The number of likely N-dealkylation sites (tertiary alicyclic amines) is 1. The number of hydrogen-bond acceptors (Lipinski definition) is 3. The van der Waals surface area contributed by atoms with Gasteiger partial charge in [0.2, 0.25) is 0 Å². The van der Waals surface area contributed by atoms with Gasteiger partial charge in [-0.1, -0.05) is 18.6 Å². The van der Waals surface area contributed by atoms with Gasteiger partial charge in [-0.25, -0.2) is 4.39 Å². The molecule has 3 nitrogen and oxygen atoms in total. The highest BCUT2D eigenvalue weighted by molar-refractivity contribution is 5.34. The van der Waals surface area contributed by atoms with Crippen LogP contribution in [0.3, 0.4) is 0 Å². The third-order valence-corrected chi connectivity index (χ3v) is 4.89. The molecule has 1 aliphatic rings. The van der Waals surface area contributed by atoms with Crippen LogP contribution in [-0.2, 0) is 5.60 Å². The summed E-state index contributed by atoms with van der Waals surface area (Å²) in [6.45, 7) is 5.06. The third-order valence-electron chi connectivity index (χ3n) is 4.89. The first-order valence-corrected chi connectivity index (χ1v) is 9.02. The van der Waals surface area contributed by atoms with Gasteiger partial charge in [0.25, 0.3) is 0 Å². The molecule has 0 spiro atoms. The molecule has 1 saturated heterocycles. The predicted octanol–water partition coefficient (Wildman–Crippen LogP) is 4.70. The largest absolute Gasteiger partial charge is 0.457 e. The number of piperidine rings is 1. The summed E-state index contributed by atoms with van der Waals surface area (Å²) in [7, 11) is 0. The van der Waals surface area contributed by atoms with Crippen molar-refractivity contribution in [3.05, 3.63) is 59.9 Å². The molecular weight excluding hydrogens is 317 g/mol. The van der Waals surface area contributed by atoms with E-state index in [1.165, 1.54) is 31.4 Å². The molecule has 3 rings (SSSR count). The molecule has 4 heteroatoms. The molecule has 0 bridgehead atoms. The van der Waals surface area contributed by atoms with E-state index in [9.17, 15) is 9.50 Å².